The zero-order valence-corrected chi connectivity index (χ0v) is 13.0. The predicted molar refractivity (Wildman–Crippen MR) is 86.7 cm³/mol. The molecule has 108 valence electrons. The number of benzene rings is 1. The summed E-state index contributed by atoms with van der Waals surface area (Å²) in [7, 11) is 0. The monoisotopic (exact) mass is 292 g/mol. The zero-order chi connectivity index (χ0) is 15.3. The molecule has 1 aromatic rings. The van der Waals surface area contributed by atoms with Crippen molar-refractivity contribution in [3.05, 3.63) is 29.8 Å². The van der Waals surface area contributed by atoms with Crippen molar-refractivity contribution < 1.29 is 4.79 Å². The molecule has 0 heterocycles. The molecule has 0 radical (unpaired) electrons. The van der Waals surface area contributed by atoms with Crippen LogP contribution in [0.3, 0.4) is 0 Å². The average molecular weight is 292 g/mol. The minimum absolute atomic E-state index is 0.0366. The van der Waals surface area contributed by atoms with E-state index in [1.165, 1.54) is 0 Å². The van der Waals surface area contributed by atoms with Crippen molar-refractivity contribution in [2.75, 3.05) is 5.32 Å². The fourth-order valence-electron chi connectivity index (χ4n) is 1.34. The van der Waals surface area contributed by atoms with Crippen molar-refractivity contribution in [3.8, 4) is 0 Å². The first-order valence-corrected chi connectivity index (χ1v) is 6.62. The SMILES string of the molecule is C/C(=N\NC(N)=S)c1cccc(NC(=O)C(C)(C)C)c1. The second kappa shape index (κ2) is 6.47. The number of hydrazone groups is 1. The highest BCUT2D eigenvalue weighted by atomic mass is 32.1. The molecule has 0 bridgehead atoms. The third kappa shape index (κ3) is 4.97. The lowest BCUT2D eigenvalue weighted by atomic mass is 9.95. The first-order chi connectivity index (χ1) is 9.20. The molecule has 1 rings (SSSR count). The van der Waals surface area contributed by atoms with Crippen LogP contribution in [0.15, 0.2) is 29.4 Å². The number of rotatable bonds is 3. The third-order valence-corrected chi connectivity index (χ3v) is 2.64. The minimum Gasteiger partial charge on any atom is -0.375 e. The summed E-state index contributed by atoms with van der Waals surface area (Å²) in [6, 6.07) is 7.44. The van der Waals surface area contributed by atoms with Gasteiger partial charge < -0.3 is 11.1 Å². The Balaban J connectivity index is 2.88. The lowest BCUT2D eigenvalue weighted by Crippen LogP contribution is -2.27. The summed E-state index contributed by atoms with van der Waals surface area (Å²) in [5, 5.41) is 7.04. The van der Waals surface area contributed by atoms with Crippen LogP contribution in [-0.4, -0.2) is 16.7 Å². The summed E-state index contributed by atoms with van der Waals surface area (Å²) in [5.41, 5.74) is 9.75. The Kier molecular flexibility index (Phi) is 5.21. The lowest BCUT2D eigenvalue weighted by molar-refractivity contribution is -0.123. The first-order valence-electron chi connectivity index (χ1n) is 6.22. The van der Waals surface area contributed by atoms with Gasteiger partial charge in [-0.15, -0.1) is 0 Å². The van der Waals surface area contributed by atoms with Crippen molar-refractivity contribution in [1.29, 1.82) is 0 Å². The van der Waals surface area contributed by atoms with Gasteiger partial charge in [0.1, 0.15) is 0 Å². The number of nitrogens with one attached hydrogen (secondary N) is 2. The van der Waals surface area contributed by atoms with Crippen LogP contribution in [-0.2, 0) is 4.79 Å². The van der Waals surface area contributed by atoms with Crippen molar-refractivity contribution in [2.45, 2.75) is 27.7 Å². The van der Waals surface area contributed by atoms with Crippen molar-refractivity contribution in [1.82, 2.24) is 5.43 Å². The van der Waals surface area contributed by atoms with Crippen LogP contribution in [0.4, 0.5) is 5.69 Å². The van der Waals surface area contributed by atoms with Crippen LogP contribution >= 0.6 is 12.2 Å². The molecule has 4 N–H and O–H groups in total. The summed E-state index contributed by atoms with van der Waals surface area (Å²) in [6.07, 6.45) is 0. The molecular formula is C14H20N4OS. The number of anilines is 1. The molecule has 1 aromatic carbocycles. The molecule has 20 heavy (non-hydrogen) atoms. The summed E-state index contributed by atoms with van der Waals surface area (Å²) >= 11 is 4.69. The zero-order valence-electron chi connectivity index (χ0n) is 12.2. The summed E-state index contributed by atoms with van der Waals surface area (Å²) in [5.74, 6) is -0.0366. The maximum absolute atomic E-state index is 11.9. The Morgan fingerprint density at radius 1 is 1.35 bits per heavy atom. The molecular weight excluding hydrogens is 272 g/mol. The molecule has 0 atom stereocenters. The van der Waals surface area contributed by atoms with E-state index >= 15 is 0 Å². The minimum atomic E-state index is -0.438. The fourth-order valence-corrected chi connectivity index (χ4v) is 1.39. The highest BCUT2D eigenvalue weighted by molar-refractivity contribution is 7.80. The maximum atomic E-state index is 11.9. The Hall–Kier alpha value is -1.95. The van der Waals surface area contributed by atoms with E-state index in [9.17, 15) is 4.79 Å². The number of nitrogens with zero attached hydrogens (tertiary/aromatic N) is 1. The van der Waals surface area contributed by atoms with Gasteiger partial charge in [-0.1, -0.05) is 32.9 Å². The maximum Gasteiger partial charge on any atom is 0.229 e. The molecule has 0 saturated carbocycles. The van der Waals surface area contributed by atoms with Gasteiger partial charge >= 0.3 is 0 Å². The average Bonchev–Trinajstić information content (AvgIpc) is 2.35. The van der Waals surface area contributed by atoms with Crippen LogP contribution in [0.1, 0.15) is 33.3 Å². The van der Waals surface area contributed by atoms with E-state index in [4.69, 9.17) is 18.0 Å². The summed E-state index contributed by atoms with van der Waals surface area (Å²) in [6.45, 7) is 7.43. The number of carbonyl (C=O) groups excluding carboxylic acids is 1. The Bertz CT molecular complexity index is 546. The normalized spacial score (nSPS) is 11.9. The molecule has 0 aliphatic rings. The second-order valence-electron chi connectivity index (χ2n) is 5.46. The number of thiocarbonyl (C=S) groups is 1. The number of hydrogen-bond acceptors (Lipinski definition) is 3. The van der Waals surface area contributed by atoms with Gasteiger partial charge in [-0.25, -0.2) is 0 Å². The van der Waals surface area contributed by atoms with Crippen molar-refractivity contribution in [2.24, 2.45) is 16.3 Å². The van der Waals surface area contributed by atoms with Gasteiger partial charge in [-0.3, -0.25) is 10.2 Å². The summed E-state index contributed by atoms with van der Waals surface area (Å²) < 4.78 is 0. The quantitative estimate of drug-likeness (QED) is 0.453. The molecule has 1 amide bonds. The topological polar surface area (TPSA) is 79.5 Å². The van der Waals surface area contributed by atoms with Crippen molar-refractivity contribution >= 4 is 34.6 Å². The highest BCUT2D eigenvalue weighted by Gasteiger charge is 2.21. The Morgan fingerprint density at radius 2 is 2.00 bits per heavy atom. The van der Waals surface area contributed by atoms with E-state index in [0.29, 0.717) is 0 Å². The van der Waals surface area contributed by atoms with Crippen LogP contribution in [0.2, 0.25) is 0 Å². The van der Waals surface area contributed by atoms with Gasteiger partial charge in [0.2, 0.25) is 5.91 Å². The number of hydrogen-bond donors (Lipinski definition) is 3. The standard InChI is InChI=1S/C14H20N4OS/c1-9(17-18-13(15)20)10-6-5-7-11(8-10)16-12(19)14(2,3)4/h5-8H,1-4H3,(H,16,19)(H3,15,18,20)/b17-9+. The van der Waals surface area contributed by atoms with Gasteiger partial charge in [-0.2, -0.15) is 5.10 Å². The third-order valence-electron chi connectivity index (χ3n) is 2.55. The van der Waals surface area contributed by atoms with E-state index in [0.717, 1.165) is 17.0 Å². The molecule has 5 nitrogen and oxygen atoms in total. The molecule has 0 fully saturated rings. The largest absolute Gasteiger partial charge is 0.375 e. The number of nitrogens with two attached hydrogens (primary N) is 1. The Morgan fingerprint density at radius 3 is 2.55 bits per heavy atom. The van der Waals surface area contributed by atoms with Gasteiger partial charge in [-0.05, 0) is 36.8 Å². The van der Waals surface area contributed by atoms with Crippen LogP contribution < -0.4 is 16.5 Å². The van der Waals surface area contributed by atoms with Gasteiger partial charge in [0.15, 0.2) is 5.11 Å². The number of carbonyl (C=O) groups is 1. The fraction of sp³-hybridized carbons (Fsp3) is 0.357. The van der Waals surface area contributed by atoms with E-state index in [1.54, 1.807) is 0 Å². The van der Waals surface area contributed by atoms with E-state index in [2.05, 4.69) is 15.8 Å². The van der Waals surface area contributed by atoms with E-state index in [1.807, 2.05) is 52.0 Å². The molecule has 6 heteroatoms. The van der Waals surface area contributed by atoms with Gasteiger partial charge in [0.25, 0.3) is 0 Å². The van der Waals surface area contributed by atoms with Gasteiger partial charge in [0.05, 0.1) is 5.71 Å². The van der Waals surface area contributed by atoms with Crippen LogP contribution in [0, 0.1) is 5.41 Å². The van der Waals surface area contributed by atoms with Gasteiger partial charge in [0, 0.05) is 11.1 Å². The molecule has 0 spiro atoms. The molecule has 0 aliphatic carbocycles. The highest BCUT2D eigenvalue weighted by Crippen LogP contribution is 2.18. The van der Waals surface area contributed by atoms with Crippen LogP contribution in [0.5, 0.6) is 0 Å². The molecule has 0 aromatic heterocycles. The van der Waals surface area contributed by atoms with Crippen molar-refractivity contribution in [3.63, 3.8) is 0 Å². The predicted octanol–water partition coefficient (Wildman–Crippen LogP) is 2.23. The molecule has 0 unspecified atom stereocenters. The van der Waals surface area contributed by atoms with E-state index in [-0.39, 0.29) is 11.0 Å². The summed E-state index contributed by atoms with van der Waals surface area (Å²) in [4.78, 5) is 11.9. The van der Waals surface area contributed by atoms with E-state index < -0.39 is 5.41 Å². The molecule has 0 aliphatic heterocycles. The second-order valence-corrected chi connectivity index (χ2v) is 5.90. The van der Waals surface area contributed by atoms with Crippen LogP contribution in [0.25, 0.3) is 0 Å². The Labute approximate surface area is 124 Å². The first kappa shape index (κ1) is 16.1. The smallest absolute Gasteiger partial charge is 0.229 e. The number of amides is 1. The lowest BCUT2D eigenvalue weighted by Gasteiger charge is -2.18. The molecule has 0 saturated heterocycles.